The monoisotopic (exact) mass is 211 g/mol. The highest BCUT2D eigenvalue weighted by Crippen LogP contribution is 2.13. The van der Waals surface area contributed by atoms with E-state index in [0.29, 0.717) is 12.1 Å². The Morgan fingerprint density at radius 2 is 2.57 bits per heavy atom. The van der Waals surface area contributed by atoms with Crippen LogP contribution in [0.15, 0.2) is 17.5 Å². The summed E-state index contributed by atoms with van der Waals surface area (Å²) in [6.07, 6.45) is 2.69. The molecule has 1 aliphatic rings. The van der Waals surface area contributed by atoms with Gasteiger partial charge in [0, 0.05) is 24.1 Å². The van der Waals surface area contributed by atoms with E-state index >= 15 is 0 Å². The van der Waals surface area contributed by atoms with E-state index in [-0.39, 0.29) is 0 Å². The summed E-state index contributed by atoms with van der Waals surface area (Å²) in [6.45, 7) is 4.13. The molecule has 1 aliphatic heterocycles. The first-order chi connectivity index (χ1) is 6.86. The molecule has 2 nitrogen and oxygen atoms in total. The van der Waals surface area contributed by atoms with Gasteiger partial charge < -0.3 is 10.1 Å². The van der Waals surface area contributed by atoms with Gasteiger partial charge in [0.15, 0.2) is 0 Å². The standard InChI is InChI=1S/C11H17NOS/c1-9-11(5-7-13-9)12-6-4-10-3-2-8-14-10/h2-3,8-9,11-12H,4-7H2,1H3/t9-,11-/m0/s1. The van der Waals surface area contributed by atoms with Gasteiger partial charge in [-0.25, -0.2) is 0 Å². The topological polar surface area (TPSA) is 21.3 Å². The van der Waals surface area contributed by atoms with E-state index in [1.807, 2.05) is 11.3 Å². The Morgan fingerprint density at radius 1 is 1.64 bits per heavy atom. The van der Waals surface area contributed by atoms with Gasteiger partial charge in [-0.1, -0.05) is 6.07 Å². The van der Waals surface area contributed by atoms with E-state index in [9.17, 15) is 0 Å². The largest absolute Gasteiger partial charge is 0.377 e. The van der Waals surface area contributed by atoms with Crippen LogP contribution in [0.5, 0.6) is 0 Å². The molecule has 1 aromatic rings. The first-order valence-electron chi connectivity index (χ1n) is 5.23. The van der Waals surface area contributed by atoms with Crippen molar-refractivity contribution in [3.8, 4) is 0 Å². The van der Waals surface area contributed by atoms with Crippen molar-refractivity contribution in [2.45, 2.75) is 31.9 Å². The van der Waals surface area contributed by atoms with E-state index in [4.69, 9.17) is 4.74 Å². The van der Waals surface area contributed by atoms with Gasteiger partial charge in [0.2, 0.25) is 0 Å². The van der Waals surface area contributed by atoms with Crippen LogP contribution in [0.3, 0.4) is 0 Å². The molecule has 0 aliphatic carbocycles. The van der Waals surface area contributed by atoms with Crippen LogP contribution < -0.4 is 5.32 Å². The molecule has 0 radical (unpaired) electrons. The molecule has 78 valence electrons. The normalized spacial score (nSPS) is 26.9. The zero-order valence-corrected chi connectivity index (χ0v) is 9.35. The maximum atomic E-state index is 5.49. The van der Waals surface area contributed by atoms with Crippen LogP contribution in [-0.4, -0.2) is 25.3 Å². The minimum Gasteiger partial charge on any atom is -0.377 e. The molecule has 1 saturated heterocycles. The highest BCUT2D eigenvalue weighted by atomic mass is 32.1. The lowest BCUT2D eigenvalue weighted by molar-refractivity contribution is 0.113. The zero-order chi connectivity index (χ0) is 9.80. The first kappa shape index (κ1) is 10.1. The summed E-state index contributed by atoms with van der Waals surface area (Å²) >= 11 is 1.83. The highest BCUT2D eigenvalue weighted by Gasteiger charge is 2.22. The van der Waals surface area contributed by atoms with E-state index in [2.05, 4.69) is 29.8 Å². The van der Waals surface area contributed by atoms with Gasteiger partial charge in [0.1, 0.15) is 0 Å². The molecule has 0 spiro atoms. The molecular formula is C11H17NOS. The molecule has 2 heterocycles. The Bertz CT molecular complexity index is 260. The fraction of sp³-hybridized carbons (Fsp3) is 0.636. The van der Waals surface area contributed by atoms with Crippen molar-refractivity contribution >= 4 is 11.3 Å². The third kappa shape index (κ3) is 2.56. The van der Waals surface area contributed by atoms with E-state index in [1.165, 1.54) is 4.88 Å². The molecule has 2 atom stereocenters. The Kier molecular flexibility index (Phi) is 3.56. The second-order valence-electron chi connectivity index (χ2n) is 3.75. The number of hydrogen-bond acceptors (Lipinski definition) is 3. The minimum absolute atomic E-state index is 0.387. The summed E-state index contributed by atoms with van der Waals surface area (Å²) in [7, 11) is 0. The summed E-state index contributed by atoms with van der Waals surface area (Å²) in [5, 5.41) is 5.69. The average molecular weight is 211 g/mol. The molecule has 0 unspecified atom stereocenters. The minimum atomic E-state index is 0.387. The summed E-state index contributed by atoms with van der Waals surface area (Å²) < 4.78 is 5.49. The molecule has 0 amide bonds. The van der Waals surface area contributed by atoms with Gasteiger partial charge in [-0.3, -0.25) is 0 Å². The highest BCUT2D eigenvalue weighted by molar-refractivity contribution is 7.09. The van der Waals surface area contributed by atoms with E-state index in [1.54, 1.807) is 0 Å². The number of rotatable bonds is 4. The van der Waals surface area contributed by atoms with Crippen LogP contribution in [-0.2, 0) is 11.2 Å². The second kappa shape index (κ2) is 4.91. The molecule has 1 aromatic heterocycles. The first-order valence-corrected chi connectivity index (χ1v) is 6.11. The van der Waals surface area contributed by atoms with Gasteiger partial charge in [-0.2, -0.15) is 0 Å². The van der Waals surface area contributed by atoms with Crippen molar-refractivity contribution < 1.29 is 4.74 Å². The predicted octanol–water partition coefficient (Wildman–Crippen LogP) is 2.06. The predicted molar refractivity (Wildman–Crippen MR) is 59.8 cm³/mol. The Morgan fingerprint density at radius 3 is 3.21 bits per heavy atom. The summed E-state index contributed by atoms with van der Waals surface area (Å²) in [4.78, 5) is 1.46. The van der Waals surface area contributed by atoms with Crippen molar-refractivity contribution in [3.05, 3.63) is 22.4 Å². The van der Waals surface area contributed by atoms with Crippen LogP contribution >= 0.6 is 11.3 Å². The van der Waals surface area contributed by atoms with Crippen LogP contribution in [0.25, 0.3) is 0 Å². The lowest BCUT2D eigenvalue weighted by Gasteiger charge is -2.15. The van der Waals surface area contributed by atoms with Crippen molar-refractivity contribution in [2.75, 3.05) is 13.2 Å². The molecule has 1 fully saturated rings. The number of thiophene rings is 1. The third-order valence-corrected chi connectivity index (χ3v) is 3.67. The second-order valence-corrected chi connectivity index (χ2v) is 4.79. The smallest absolute Gasteiger partial charge is 0.0700 e. The number of hydrogen-bond donors (Lipinski definition) is 1. The van der Waals surface area contributed by atoms with E-state index < -0.39 is 0 Å². The Labute approximate surface area is 89.3 Å². The van der Waals surface area contributed by atoms with Gasteiger partial charge in [-0.15, -0.1) is 11.3 Å². The van der Waals surface area contributed by atoms with Crippen LogP contribution in [0.1, 0.15) is 18.2 Å². The maximum Gasteiger partial charge on any atom is 0.0700 e. The molecule has 0 bridgehead atoms. The molecule has 14 heavy (non-hydrogen) atoms. The Balaban J connectivity index is 1.68. The van der Waals surface area contributed by atoms with Gasteiger partial charge in [-0.05, 0) is 31.2 Å². The quantitative estimate of drug-likeness (QED) is 0.823. The van der Waals surface area contributed by atoms with Crippen LogP contribution in [0.2, 0.25) is 0 Å². The fourth-order valence-corrected chi connectivity index (χ4v) is 2.54. The zero-order valence-electron chi connectivity index (χ0n) is 8.53. The number of ether oxygens (including phenoxy) is 1. The van der Waals surface area contributed by atoms with Crippen molar-refractivity contribution in [3.63, 3.8) is 0 Å². The molecule has 0 saturated carbocycles. The maximum absolute atomic E-state index is 5.49. The van der Waals surface area contributed by atoms with Gasteiger partial charge in [0.25, 0.3) is 0 Å². The third-order valence-electron chi connectivity index (χ3n) is 2.73. The lowest BCUT2D eigenvalue weighted by atomic mass is 10.1. The lowest BCUT2D eigenvalue weighted by Crippen LogP contribution is -2.35. The van der Waals surface area contributed by atoms with Gasteiger partial charge in [0.05, 0.1) is 6.10 Å². The summed E-state index contributed by atoms with van der Waals surface area (Å²) in [5.41, 5.74) is 0. The van der Waals surface area contributed by atoms with Crippen molar-refractivity contribution in [2.24, 2.45) is 0 Å². The molecule has 3 heteroatoms. The van der Waals surface area contributed by atoms with Crippen LogP contribution in [0.4, 0.5) is 0 Å². The molecule has 1 N–H and O–H groups in total. The Hall–Kier alpha value is -0.380. The van der Waals surface area contributed by atoms with Crippen molar-refractivity contribution in [1.29, 1.82) is 0 Å². The summed E-state index contributed by atoms with van der Waals surface area (Å²) in [5.74, 6) is 0. The van der Waals surface area contributed by atoms with E-state index in [0.717, 1.165) is 26.0 Å². The van der Waals surface area contributed by atoms with Gasteiger partial charge >= 0.3 is 0 Å². The number of nitrogens with one attached hydrogen (secondary N) is 1. The fourth-order valence-electron chi connectivity index (χ4n) is 1.84. The summed E-state index contributed by atoms with van der Waals surface area (Å²) in [6, 6.07) is 4.87. The van der Waals surface area contributed by atoms with Crippen molar-refractivity contribution in [1.82, 2.24) is 5.32 Å². The average Bonchev–Trinajstić information content (AvgIpc) is 2.78. The molecular weight excluding hydrogens is 194 g/mol. The van der Waals surface area contributed by atoms with Crippen LogP contribution in [0, 0.1) is 0 Å². The molecule has 0 aromatic carbocycles. The molecule has 2 rings (SSSR count). The SMILES string of the molecule is C[C@@H]1OCC[C@@H]1NCCc1cccs1.